The molecule has 3 rings (SSSR count). The smallest absolute Gasteiger partial charge is 0.310 e. The van der Waals surface area contributed by atoms with Crippen LogP contribution in [0.1, 0.15) is 30.1 Å². The number of aromatic nitrogens is 1. The van der Waals surface area contributed by atoms with E-state index in [1.807, 2.05) is 0 Å². The zero-order valence-corrected chi connectivity index (χ0v) is 13.8. The Kier molecular flexibility index (Phi) is 4.21. The van der Waals surface area contributed by atoms with Gasteiger partial charge < -0.3 is 19.0 Å². The van der Waals surface area contributed by atoms with E-state index < -0.39 is 0 Å². The van der Waals surface area contributed by atoms with E-state index in [1.165, 1.54) is 7.11 Å². The first-order valence-electron chi connectivity index (χ1n) is 7.51. The van der Waals surface area contributed by atoms with Crippen LogP contribution in [-0.4, -0.2) is 41.5 Å². The van der Waals surface area contributed by atoms with E-state index in [9.17, 15) is 9.59 Å². The van der Waals surface area contributed by atoms with Gasteiger partial charge >= 0.3 is 5.97 Å². The lowest BCUT2D eigenvalue weighted by molar-refractivity contribution is -0.145. The Labute approximate surface area is 138 Å². The Hall–Kier alpha value is -2.15. The molecule has 122 valence electrons. The summed E-state index contributed by atoms with van der Waals surface area (Å²) in [6.45, 7) is 2.12. The maximum Gasteiger partial charge on any atom is 0.310 e. The van der Waals surface area contributed by atoms with Crippen LogP contribution in [0, 0.1) is 10.8 Å². The molecule has 1 heterocycles. The van der Waals surface area contributed by atoms with Gasteiger partial charge in [0.2, 0.25) is 0 Å². The average Bonchev–Trinajstić information content (AvgIpc) is 3.31. The van der Waals surface area contributed by atoms with Crippen molar-refractivity contribution in [1.29, 1.82) is 0 Å². The number of benzene rings is 1. The summed E-state index contributed by atoms with van der Waals surface area (Å²) < 4.78 is 10.1. The van der Waals surface area contributed by atoms with Gasteiger partial charge in [0, 0.05) is 18.2 Å². The highest BCUT2D eigenvalue weighted by atomic mass is 32.1. The van der Waals surface area contributed by atoms with Gasteiger partial charge in [0.15, 0.2) is 5.58 Å². The van der Waals surface area contributed by atoms with E-state index in [0.29, 0.717) is 17.7 Å². The van der Waals surface area contributed by atoms with Crippen LogP contribution in [-0.2, 0) is 9.53 Å². The number of oxazole rings is 1. The van der Waals surface area contributed by atoms with Crippen molar-refractivity contribution in [2.24, 2.45) is 5.92 Å². The minimum atomic E-state index is -0.357. The van der Waals surface area contributed by atoms with Crippen LogP contribution in [0.5, 0.6) is 0 Å². The third kappa shape index (κ3) is 3.29. The number of nitrogens with zero attached hydrogens (tertiary/aromatic N) is 1. The molecule has 1 atom stereocenters. The number of hydrogen-bond donors (Lipinski definition) is 1. The summed E-state index contributed by atoms with van der Waals surface area (Å²) in [6, 6.07) is 5.39. The van der Waals surface area contributed by atoms with Crippen LogP contribution < -0.4 is 0 Å². The summed E-state index contributed by atoms with van der Waals surface area (Å²) in [6.07, 6.45) is 1.93. The second-order valence-corrected chi connectivity index (χ2v) is 6.21. The zero-order valence-electron chi connectivity index (χ0n) is 13.0. The molecule has 1 saturated carbocycles. The maximum absolute atomic E-state index is 12.8. The molecule has 1 aromatic heterocycles. The predicted molar refractivity (Wildman–Crippen MR) is 86.6 cm³/mol. The normalized spacial score (nSPS) is 15.4. The largest absolute Gasteiger partial charge is 0.469 e. The lowest BCUT2D eigenvalue weighted by atomic mass is 10.1. The van der Waals surface area contributed by atoms with Crippen molar-refractivity contribution in [2.75, 3.05) is 13.7 Å². The number of carbonyl (C=O) groups is 2. The third-order valence-electron chi connectivity index (χ3n) is 3.99. The molecule has 0 aliphatic heterocycles. The first kappa shape index (κ1) is 15.7. The fraction of sp³-hybridized carbons (Fsp3) is 0.438. The molecule has 0 bridgehead atoms. The standard InChI is InChI=1S/C16H18N2O4S/c1-9(15(20)21-2)8-18(11-4-5-11)14(19)10-3-6-12-13(7-10)22-16(23)17-12/h3,6-7,9,11H,4-5,8H2,1-2H3,(H,17,23). The molecule has 6 nitrogen and oxygen atoms in total. The number of amides is 1. The van der Waals surface area contributed by atoms with Gasteiger partial charge in [-0.2, -0.15) is 0 Å². The summed E-state index contributed by atoms with van der Waals surface area (Å²) in [5, 5.41) is 0. The highest BCUT2D eigenvalue weighted by Gasteiger charge is 2.35. The van der Waals surface area contributed by atoms with E-state index >= 15 is 0 Å². The highest BCUT2D eigenvalue weighted by Crippen LogP contribution is 2.29. The van der Waals surface area contributed by atoms with Gasteiger partial charge in [0.05, 0.1) is 18.5 Å². The number of aromatic amines is 1. The van der Waals surface area contributed by atoms with Crippen molar-refractivity contribution in [1.82, 2.24) is 9.88 Å². The molecule has 0 spiro atoms. The van der Waals surface area contributed by atoms with Crippen LogP contribution in [0.4, 0.5) is 0 Å². The number of methoxy groups -OCH3 is 1. The molecule has 2 aromatic rings. The molecular formula is C16H18N2O4S. The second kappa shape index (κ2) is 6.16. The molecule has 1 aliphatic rings. The summed E-state index contributed by atoms with van der Waals surface area (Å²) in [4.78, 5) is 29.4. The van der Waals surface area contributed by atoms with Crippen molar-refractivity contribution in [3.8, 4) is 0 Å². The molecular weight excluding hydrogens is 316 g/mol. The van der Waals surface area contributed by atoms with Gasteiger partial charge in [-0.25, -0.2) is 0 Å². The van der Waals surface area contributed by atoms with E-state index in [0.717, 1.165) is 18.4 Å². The summed E-state index contributed by atoms with van der Waals surface area (Å²) in [5.41, 5.74) is 1.84. The SMILES string of the molecule is COC(=O)C(C)CN(C(=O)c1ccc2[nH]c(=S)oc2c1)C1CC1. The van der Waals surface area contributed by atoms with Gasteiger partial charge in [-0.15, -0.1) is 0 Å². The minimum absolute atomic E-state index is 0.104. The molecule has 0 radical (unpaired) electrons. The highest BCUT2D eigenvalue weighted by molar-refractivity contribution is 7.71. The van der Waals surface area contributed by atoms with Gasteiger partial charge in [0.1, 0.15) is 0 Å². The molecule has 1 fully saturated rings. The Balaban J connectivity index is 1.84. The molecule has 1 unspecified atom stereocenters. The van der Waals surface area contributed by atoms with Crippen LogP contribution in [0.25, 0.3) is 11.1 Å². The fourth-order valence-electron chi connectivity index (χ4n) is 2.60. The van der Waals surface area contributed by atoms with E-state index in [4.69, 9.17) is 21.4 Å². The molecule has 7 heteroatoms. The number of ether oxygens (including phenoxy) is 1. The molecule has 1 aromatic carbocycles. The van der Waals surface area contributed by atoms with Crippen LogP contribution in [0.2, 0.25) is 0 Å². The van der Waals surface area contributed by atoms with Crippen molar-refractivity contribution in [3.63, 3.8) is 0 Å². The lowest BCUT2D eigenvalue weighted by Gasteiger charge is -2.25. The second-order valence-electron chi connectivity index (χ2n) is 5.84. The number of rotatable bonds is 5. The van der Waals surface area contributed by atoms with Crippen LogP contribution in [0.15, 0.2) is 22.6 Å². The Morgan fingerprint density at radius 2 is 2.22 bits per heavy atom. The monoisotopic (exact) mass is 334 g/mol. The van der Waals surface area contributed by atoms with Crippen LogP contribution >= 0.6 is 12.2 Å². The number of H-pyrrole nitrogens is 1. The summed E-state index contributed by atoms with van der Waals surface area (Å²) in [7, 11) is 1.36. The van der Waals surface area contributed by atoms with Crippen molar-refractivity contribution in [3.05, 3.63) is 28.6 Å². The predicted octanol–water partition coefficient (Wildman–Crippen LogP) is 2.90. The minimum Gasteiger partial charge on any atom is -0.469 e. The van der Waals surface area contributed by atoms with Crippen LogP contribution in [0.3, 0.4) is 0 Å². The van der Waals surface area contributed by atoms with Gasteiger partial charge in [-0.1, -0.05) is 6.92 Å². The van der Waals surface area contributed by atoms with Gasteiger partial charge in [-0.3, -0.25) is 9.59 Å². The number of fused-ring (bicyclic) bond motifs is 1. The van der Waals surface area contributed by atoms with Gasteiger partial charge in [0.25, 0.3) is 10.7 Å². The number of nitrogens with one attached hydrogen (secondary N) is 1. The maximum atomic E-state index is 12.8. The summed E-state index contributed by atoms with van der Waals surface area (Å²) in [5.74, 6) is -0.771. The first-order chi connectivity index (χ1) is 11.0. The number of hydrogen-bond acceptors (Lipinski definition) is 5. The topological polar surface area (TPSA) is 75.5 Å². The number of carbonyl (C=O) groups excluding carboxylic acids is 2. The molecule has 23 heavy (non-hydrogen) atoms. The van der Waals surface area contributed by atoms with Crippen molar-refractivity contribution in [2.45, 2.75) is 25.8 Å². The average molecular weight is 334 g/mol. The zero-order chi connectivity index (χ0) is 16.6. The van der Waals surface area contributed by atoms with Crippen molar-refractivity contribution >= 4 is 35.2 Å². The van der Waals surface area contributed by atoms with Gasteiger partial charge in [-0.05, 0) is 43.3 Å². The van der Waals surface area contributed by atoms with Crippen molar-refractivity contribution < 1.29 is 18.7 Å². The Morgan fingerprint density at radius 3 is 2.87 bits per heavy atom. The van der Waals surface area contributed by atoms with E-state index in [2.05, 4.69) is 4.98 Å². The van der Waals surface area contributed by atoms with E-state index in [-0.39, 0.29) is 28.7 Å². The first-order valence-corrected chi connectivity index (χ1v) is 7.92. The Morgan fingerprint density at radius 1 is 1.48 bits per heavy atom. The summed E-state index contributed by atoms with van der Waals surface area (Å²) >= 11 is 4.96. The molecule has 0 saturated heterocycles. The van der Waals surface area contributed by atoms with E-state index in [1.54, 1.807) is 30.0 Å². The third-order valence-corrected chi connectivity index (χ3v) is 4.18. The fourth-order valence-corrected chi connectivity index (χ4v) is 2.80. The molecule has 1 N–H and O–H groups in total. The lowest BCUT2D eigenvalue weighted by Crippen LogP contribution is -2.38. The molecule has 1 aliphatic carbocycles. The molecule has 1 amide bonds. The Bertz CT molecular complexity index is 806. The quantitative estimate of drug-likeness (QED) is 0.672. The number of esters is 1.